The summed E-state index contributed by atoms with van der Waals surface area (Å²) in [7, 11) is 0. The van der Waals surface area contributed by atoms with Gasteiger partial charge in [-0.3, -0.25) is 0 Å². The Morgan fingerprint density at radius 2 is 2.13 bits per heavy atom. The number of hydrogen-bond acceptors (Lipinski definition) is 2. The maximum Gasteiger partial charge on any atom is 0.0886 e. The Labute approximate surface area is 97.7 Å². The van der Waals surface area contributed by atoms with Gasteiger partial charge in [-0.25, -0.2) is 0 Å². The van der Waals surface area contributed by atoms with Gasteiger partial charge in [-0.1, -0.05) is 6.92 Å². The lowest BCUT2D eigenvalue weighted by molar-refractivity contribution is 0.228. The highest BCUT2D eigenvalue weighted by Crippen LogP contribution is 2.40. The SMILES string of the molecule is CC1(CCOC=C2CCCC2)CCCS1. The van der Waals surface area contributed by atoms with Crippen LogP contribution in [0.3, 0.4) is 0 Å². The van der Waals surface area contributed by atoms with E-state index in [1.165, 1.54) is 56.3 Å². The molecule has 1 atom stereocenters. The van der Waals surface area contributed by atoms with E-state index >= 15 is 0 Å². The number of allylic oxidation sites excluding steroid dienone is 1. The van der Waals surface area contributed by atoms with Crippen LogP contribution in [0.1, 0.15) is 51.9 Å². The topological polar surface area (TPSA) is 9.23 Å². The quantitative estimate of drug-likeness (QED) is 0.526. The first-order valence-corrected chi connectivity index (χ1v) is 7.21. The molecular weight excluding hydrogens is 204 g/mol. The van der Waals surface area contributed by atoms with E-state index in [4.69, 9.17) is 4.74 Å². The van der Waals surface area contributed by atoms with Crippen LogP contribution in [-0.4, -0.2) is 17.1 Å². The predicted molar refractivity (Wildman–Crippen MR) is 67.2 cm³/mol. The normalized spacial score (nSPS) is 30.9. The zero-order chi connectivity index (χ0) is 10.6. The van der Waals surface area contributed by atoms with Crippen LogP contribution in [0.5, 0.6) is 0 Å². The van der Waals surface area contributed by atoms with Crippen LogP contribution >= 0.6 is 11.8 Å². The van der Waals surface area contributed by atoms with Crippen molar-refractivity contribution in [2.24, 2.45) is 0 Å². The van der Waals surface area contributed by atoms with E-state index in [9.17, 15) is 0 Å². The van der Waals surface area contributed by atoms with E-state index in [2.05, 4.69) is 18.7 Å². The largest absolute Gasteiger partial charge is 0.501 e. The minimum absolute atomic E-state index is 0.508. The third-order valence-electron chi connectivity index (χ3n) is 3.55. The van der Waals surface area contributed by atoms with Gasteiger partial charge in [0.1, 0.15) is 0 Å². The Hall–Kier alpha value is -0.110. The van der Waals surface area contributed by atoms with E-state index < -0.39 is 0 Å². The standard InChI is InChI=1S/C13H22OS/c1-13(7-4-10-15-13)8-9-14-11-12-5-2-3-6-12/h11H,2-10H2,1H3. The molecule has 0 radical (unpaired) electrons. The van der Waals surface area contributed by atoms with Gasteiger partial charge in [0.25, 0.3) is 0 Å². The monoisotopic (exact) mass is 226 g/mol. The Morgan fingerprint density at radius 3 is 2.80 bits per heavy atom. The summed E-state index contributed by atoms with van der Waals surface area (Å²) >= 11 is 2.13. The van der Waals surface area contributed by atoms with Gasteiger partial charge in [0.05, 0.1) is 12.9 Å². The van der Waals surface area contributed by atoms with E-state index in [0.29, 0.717) is 4.75 Å². The fourth-order valence-electron chi connectivity index (χ4n) is 2.43. The molecule has 86 valence electrons. The molecule has 0 N–H and O–H groups in total. The van der Waals surface area contributed by atoms with Crippen molar-refractivity contribution in [3.05, 3.63) is 11.8 Å². The van der Waals surface area contributed by atoms with E-state index in [1.807, 2.05) is 6.26 Å². The minimum Gasteiger partial charge on any atom is -0.501 e. The number of thioether (sulfide) groups is 1. The third kappa shape index (κ3) is 3.44. The summed E-state index contributed by atoms with van der Waals surface area (Å²) in [4.78, 5) is 0. The molecule has 1 nitrogen and oxygen atoms in total. The van der Waals surface area contributed by atoms with Gasteiger partial charge in [0.2, 0.25) is 0 Å². The predicted octanol–water partition coefficient (Wildman–Crippen LogP) is 4.14. The molecule has 1 unspecified atom stereocenters. The third-order valence-corrected chi connectivity index (χ3v) is 5.14. The molecule has 0 spiro atoms. The van der Waals surface area contributed by atoms with Crippen molar-refractivity contribution in [2.75, 3.05) is 12.4 Å². The molecule has 1 saturated carbocycles. The molecule has 0 bridgehead atoms. The second-order valence-corrected chi connectivity index (χ2v) is 6.69. The molecule has 2 aliphatic rings. The fourth-order valence-corrected chi connectivity index (χ4v) is 3.73. The molecule has 0 aromatic carbocycles. The first-order chi connectivity index (χ1) is 7.29. The van der Waals surface area contributed by atoms with Gasteiger partial charge in [0.15, 0.2) is 0 Å². The summed E-state index contributed by atoms with van der Waals surface area (Å²) in [6, 6.07) is 0. The van der Waals surface area contributed by atoms with Gasteiger partial charge >= 0.3 is 0 Å². The van der Waals surface area contributed by atoms with Crippen LogP contribution in [0.2, 0.25) is 0 Å². The van der Waals surface area contributed by atoms with Crippen LogP contribution in [-0.2, 0) is 4.74 Å². The lowest BCUT2D eigenvalue weighted by Gasteiger charge is -2.21. The molecule has 1 heterocycles. The highest BCUT2D eigenvalue weighted by atomic mass is 32.2. The molecule has 2 rings (SSSR count). The van der Waals surface area contributed by atoms with Gasteiger partial charge in [-0.2, -0.15) is 11.8 Å². The summed E-state index contributed by atoms with van der Waals surface area (Å²) in [6.07, 6.45) is 11.3. The van der Waals surface area contributed by atoms with Gasteiger partial charge < -0.3 is 4.74 Å². The Morgan fingerprint density at radius 1 is 1.33 bits per heavy atom. The number of ether oxygens (including phenoxy) is 1. The summed E-state index contributed by atoms with van der Waals surface area (Å²) in [6.45, 7) is 3.30. The number of hydrogen-bond donors (Lipinski definition) is 0. The maximum absolute atomic E-state index is 5.67. The average molecular weight is 226 g/mol. The van der Waals surface area contributed by atoms with E-state index in [0.717, 1.165) is 6.61 Å². The molecule has 1 saturated heterocycles. The van der Waals surface area contributed by atoms with Gasteiger partial charge in [-0.05, 0) is 56.3 Å². The molecule has 2 heteroatoms. The zero-order valence-electron chi connectivity index (χ0n) is 9.76. The number of rotatable bonds is 4. The van der Waals surface area contributed by atoms with Gasteiger partial charge in [0, 0.05) is 4.75 Å². The van der Waals surface area contributed by atoms with Crippen molar-refractivity contribution < 1.29 is 4.74 Å². The molecule has 15 heavy (non-hydrogen) atoms. The van der Waals surface area contributed by atoms with Crippen LogP contribution in [0, 0.1) is 0 Å². The average Bonchev–Trinajstić information content (AvgIpc) is 2.84. The second kappa shape index (κ2) is 5.29. The van der Waals surface area contributed by atoms with Crippen molar-refractivity contribution in [1.29, 1.82) is 0 Å². The highest BCUT2D eigenvalue weighted by molar-refractivity contribution is 8.00. The Bertz CT molecular complexity index is 221. The smallest absolute Gasteiger partial charge is 0.0886 e. The molecular formula is C13H22OS. The molecule has 0 amide bonds. The van der Waals surface area contributed by atoms with Crippen LogP contribution < -0.4 is 0 Å². The van der Waals surface area contributed by atoms with Crippen LogP contribution in [0.25, 0.3) is 0 Å². The van der Waals surface area contributed by atoms with Crippen molar-refractivity contribution in [2.45, 2.75) is 56.6 Å². The Kier molecular flexibility index (Phi) is 4.01. The van der Waals surface area contributed by atoms with Crippen molar-refractivity contribution >= 4 is 11.8 Å². The Balaban J connectivity index is 1.64. The van der Waals surface area contributed by atoms with Crippen LogP contribution in [0.15, 0.2) is 11.8 Å². The summed E-state index contributed by atoms with van der Waals surface area (Å²) in [5, 5.41) is 0. The summed E-state index contributed by atoms with van der Waals surface area (Å²) in [5.74, 6) is 1.34. The lowest BCUT2D eigenvalue weighted by atomic mass is 10.0. The first-order valence-electron chi connectivity index (χ1n) is 6.22. The van der Waals surface area contributed by atoms with Crippen molar-refractivity contribution in [3.8, 4) is 0 Å². The second-order valence-electron chi connectivity index (χ2n) is 5.01. The molecule has 1 aliphatic heterocycles. The first kappa shape index (κ1) is 11.4. The summed E-state index contributed by atoms with van der Waals surface area (Å²) < 4.78 is 6.18. The molecule has 0 aromatic rings. The maximum atomic E-state index is 5.67. The lowest BCUT2D eigenvalue weighted by Crippen LogP contribution is -2.17. The molecule has 2 fully saturated rings. The van der Waals surface area contributed by atoms with E-state index in [-0.39, 0.29) is 0 Å². The summed E-state index contributed by atoms with van der Waals surface area (Å²) in [5.41, 5.74) is 1.53. The fraction of sp³-hybridized carbons (Fsp3) is 0.846. The highest BCUT2D eigenvalue weighted by Gasteiger charge is 2.28. The molecule has 0 aromatic heterocycles. The van der Waals surface area contributed by atoms with Crippen molar-refractivity contribution in [3.63, 3.8) is 0 Å². The molecule has 1 aliphatic carbocycles. The van der Waals surface area contributed by atoms with Crippen molar-refractivity contribution in [1.82, 2.24) is 0 Å². The van der Waals surface area contributed by atoms with Gasteiger partial charge in [-0.15, -0.1) is 0 Å². The van der Waals surface area contributed by atoms with Crippen LogP contribution in [0.4, 0.5) is 0 Å². The van der Waals surface area contributed by atoms with E-state index in [1.54, 1.807) is 0 Å². The zero-order valence-corrected chi connectivity index (χ0v) is 10.6. The minimum atomic E-state index is 0.508.